The molecule has 0 aliphatic carbocycles. The first-order valence-corrected chi connectivity index (χ1v) is 7.09. The maximum Gasteiger partial charge on any atom is 0.257 e. The van der Waals surface area contributed by atoms with E-state index < -0.39 is 0 Å². The summed E-state index contributed by atoms with van der Waals surface area (Å²) in [6.45, 7) is 3.62. The average molecular weight is 300 g/mol. The van der Waals surface area contributed by atoms with Crippen molar-refractivity contribution in [2.45, 2.75) is 19.8 Å². The highest BCUT2D eigenvalue weighted by Crippen LogP contribution is 2.21. The molecule has 17 heavy (non-hydrogen) atoms. The number of alkyl halides is 1. The lowest BCUT2D eigenvalue weighted by molar-refractivity contribution is 0.0698. The molecule has 0 saturated carbocycles. The van der Waals surface area contributed by atoms with Crippen molar-refractivity contribution < 1.29 is 4.79 Å². The van der Waals surface area contributed by atoms with E-state index in [-0.39, 0.29) is 5.91 Å². The Morgan fingerprint density at radius 1 is 1.53 bits per heavy atom. The third-order valence-corrected chi connectivity index (χ3v) is 4.28. The zero-order valence-corrected chi connectivity index (χ0v) is 11.9. The molecule has 0 radical (unpaired) electrons. The Morgan fingerprint density at radius 3 is 2.65 bits per heavy atom. The van der Waals surface area contributed by atoms with Crippen LogP contribution in [-0.4, -0.2) is 39.0 Å². The third kappa shape index (κ3) is 2.70. The van der Waals surface area contributed by atoms with Gasteiger partial charge in [0, 0.05) is 31.7 Å². The van der Waals surface area contributed by atoms with E-state index in [1.165, 1.54) is 0 Å². The lowest BCUT2D eigenvalue weighted by Gasteiger charge is -2.31. The fourth-order valence-corrected chi connectivity index (χ4v) is 2.92. The van der Waals surface area contributed by atoms with Crippen LogP contribution in [0.1, 0.15) is 28.9 Å². The minimum absolute atomic E-state index is 0.128. The van der Waals surface area contributed by atoms with Crippen molar-refractivity contribution in [2.75, 3.05) is 18.4 Å². The molecule has 1 saturated heterocycles. The molecule has 0 atom stereocenters. The van der Waals surface area contributed by atoms with Crippen molar-refractivity contribution in [3.8, 4) is 0 Å². The number of likely N-dealkylation sites (tertiary alicyclic amines) is 1. The first kappa shape index (κ1) is 12.6. The number of aryl methyl sites for hydroxylation is 2. The fraction of sp³-hybridized carbons (Fsp3) is 0.667. The highest BCUT2D eigenvalue weighted by atomic mass is 79.9. The molecule has 1 aromatic heterocycles. The minimum atomic E-state index is 0.128. The van der Waals surface area contributed by atoms with E-state index in [0.717, 1.165) is 42.5 Å². The summed E-state index contributed by atoms with van der Waals surface area (Å²) >= 11 is 3.51. The maximum absolute atomic E-state index is 12.3. The van der Waals surface area contributed by atoms with E-state index in [1.54, 1.807) is 4.68 Å². The number of aromatic nitrogens is 2. The molecule has 2 rings (SSSR count). The molecule has 0 N–H and O–H groups in total. The van der Waals surface area contributed by atoms with E-state index in [1.807, 2.05) is 25.1 Å². The number of piperidine rings is 1. The summed E-state index contributed by atoms with van der Waals surface area (Å²) in [6, 6.07) is 0. The minimum Gasteiger partial charge on any atom is -0.339 e. The Labute approximate surface area is 110 Å². The first-order valence-electron chi connectivity index (χ1n) is 5.97. The van der Waals surface area contributed by atoms with Crippen molar-refractivity contribution in [1.29, 1.82) is 0 Å². The second-order valence-electron chi connectivity index (χ2n) is 4.69. The highest BCUT2D eigenvalue weighted by molar-refractivity contribution is 9.09. The van der Waals surface area contributed by atoms with Crippen LogP contribution in [0.5, 0.6) is 0 Å². The van der Waals surface area contributed by atoms with Crippen molar-refractivity contribution in [3.63, 3.8) is 0 Å². The van der Waals surface area contributed by atoms with E-state index in [0.29, 0.717) is 5.92 Å². The molecule has 2 heterocycles. The lowest BCUT2D eigenvalue weighted by atomic mass is 9.98. The third-order valence-electron chi connectivity index (χ3n) is 3.36. The van der Waals surface area contributed by atoms with Crippen molar-refractivity contribution in [3.05, 3.63) is 17.5 Å². The van der Waals surface area contributed by atoms with Crippen LogP contribution in [0.4, 0.5) is 0 Å². The molecule has 0 unspecified atom stereocenters. The number of hydrogen-bond acceptors (Lipinski definition) is 2. The van der Waals surface area contributed by atoms with Crippen LogP contribution in [0.25, 0.3) is 0 Å². The van der Waals surface area contributed by atoms with Crippen LogP contribution in [0.2, 0.25) is 0 Å². The molecule has 5 heteroatoms. The zero-order chi connectivity index (χ0) is 12.4. The van der Waals surface area contributed by atoms with Gasteiger partial charge in [-0.2, -0.15) is 5.10 Å². The van der Waals surface area contributed by atoms with Crippen LogP contribution < -0.4 is 0 Å². The first-order chi connectivity index (χ1) is 8.11. The van der Waals surface area contributed by atoms with Crippen LogP contribution in [0.15, 0.2) is 6.20 Å². The predicted molar refractivity (Wildman–Crippen MR) is 70.4 cm³/mol. The Bertz CT molecular complexity index is 408. The van der Waals surface area contributed by atoms with Gasteiger partial charge in [0.1, 0.15) is 0 Å². The Kier molecular flexibility index (Phi) is 3.86. The number of nitrogens with zero attached hydrogens (tertiary/aromatic N) is 3. The second kappa shape index (κ2) is 5.21. The second-order valence-corrected chi connectivity index (χ2v) is 5.34. The van der Waals surface area contributed by atoms with Gasteiger partial charge >= 0.3 is 0 Å². The predicted octanol–water partition coefficient (Wildman–Crippen LogP) is 1.98. The Hall–Kier alpha value is -0.840. The number of carbonyl (C=O) groups is 1. The molecule has 0 bridgehead atoms. The fourth-order valence-electron chi connectivity index (χ4n) is 2.27. The van der Waals surface area contributed by atoms with Gasteiger partial charge in [0.15, 0.2) is 0 Å². The summed E-state index contributed by atoms with van der Waals surface area (Å²) in [4.78, 5) is 14.2. The van der Waals surface area contributed by atoms with Gasteiger partial charge in [-0.15, -0.1) is 0 Å². The Balaban J connectivity index is 2.04. The normalized spacial score (nSPS) is 17.5. The van der Waals surface area contributed by atoms with Crippen molar-refractivity contribution in [2.24, 2.45) is 13.0 Å². The summed E-state index contributed by atoms with van der Waals surface area (Å²) in [7, 11) is 1.85. The smallest absolute Gasteiger partial charge is 0.257 e. The van der Waals surface area contributed by atoms with Gasteiger partial charge in [0.25, 0.3) is 5.91 Å². The van der Waals surface area contributed by atoms with Crippen molar-refractivity contribution in [1.82, 2.24) is 14.7 Å². The molecule has 0 aromatic carbocycles. The SMILES string of the molecule is Cc1nn(C)cc1C(=O)N1CCC(CBr)CC1. The molecule has 4 nitrogen and oxygen atoms in total. The van der Waals surface area contributed by atoms with Gasteiger partial charge in [-0.05, 0) is 25.7 Å². The monoisotopic (exact) mass is 299 g/mol. The molecule has 0 spiro atoms. The summed E-state index contributed by atoms with van der Waals surface area (Å²) in [6.07, 6.45) is 4.00. The van der Waals surface area contributed by atoms with Gasteiger partial charge < -0.3 is 4.90 Å². The molecule has 1 aromatic rings. The standard InChI is InChI=1S/C12H18BrN3O/c1-9-11(8-15(2)14-9)12(17)16-5-3-10(7-13)4-6-16/h8,10H,3-7H2,1-2H3. The van der Waals surface area contributed by atoms with Crippen LogP contribution in [-0.2, 0) is 7.05 Å². The average Bonchev–Trinajstić information content (AvgIpc) is 2.68. The van der Waals surface area contributed by atoms with Crippen LogP contribution in [0.3, 0.4) is 0 Å². The quantitative estimate of drug-likeness (QED) is 0.783. The summed E-state index contributed by atoms with van der Waals surface area (Å²) < 4.78 is 1.70. The molecule has 1 aliphatic rings. The summed E-state index contributed by atoms with van der Waals surface area (Å²) in [5.74, 6) is 0.845. The molecular weight excluding hydrogens is 282 g/mol. The van der Waals surface area contributed by atoms with E-state index in [9.17, 15) is 4.79 Å². The van der Waals surface area contributed by atoms with Crippen molar-refractivity contribution >= 4 is 21.8 Å². The van der Waals surface area contributed by atoms with Gasteiger partial charge in [-0.3, -0.25) is 9.48 Å². The number of rotatable bonds is 2. The van der Waals surface area contributed by atoms with Gasteiger partial charge in [-0.1, -0.05) is 15.9 Å². The maximum atomic E-state index is 12.3. The zero-order valence-electron chi connectivity index (χ0n) is 10.3. The van der Waals surface area contributed by atoms with Crippen LogP contribution >= 0.6 is 15.9 Å². The molecule has 1 amide bonds. The molecule has 1 aliphatic heterocycles. The van der Waals surface area contributed by atoms with E-state index in [4.69, 9.17) is 0 Å². The number of carbonyl (C=O) groups excluding carboxylic acids is 1. The number of hydrogen-bond donors (Lipinski definition) is 0. The van der Waals surface area contributed by atoms with E-state index in [2.05, 4.69) is 21.0 Å². The molecule has 94 valence electrons. The number of amides is 1. The highest BCUT2D eigenvalue weighted by Gasteiger charge is 2.24. The largest absolute Gasteiger partial charge is 0.339 e. The van der Waals surface area contributed by atoms with Crippen LogP contribution in [0, 0.1) is 12.8 Å². The summed E-state index contributed by atoms with van der Waals surface area (Å²) in [5, 5.41) is 5.26. The van der Waals surface area contributed by atoms with Gasteiger partial charge in [-0.25, -0.2) is 0 Å². The van der Waals surface area contributed by atoms with Gasteiger partial charge in [0.05, 0.1) is 11.3 Å². The molecular formula is C12H18BrN3O. The van der Waals surface area contributed by atoms with Gasteiger partial charge in [0.2, 0.25) is 0 Å². The van der Waals surface area contributed by atoms with E-state index >= 15 is 0 Å². The topological polar surface area (TPSA) is 38.1 Å². The Morgan fingerprint density at radius 2 is 2.18 bits per heavy atom. The molecule has 1 fully saturated rings. The number of halogens is 1. The summed E-state index contributed by atoms with van der Waals surface area (Å²) in [5.41, 5.74) is 1.56. The lowest BCUT2D eigenvalue weighted by Crippen LogP contribution is -2.38.